The van der Waals surface area contributed by atoms with E-state index in [1.165, 1.54) is 0 Å². The van der Waals surface area contributed by atoms with Crippen LogP contribution in [0.25, 0.3) is 0 Å². The van der Waals surface area contributed by atoms with Crippen molar-refractivity contribution in [2.45, 2.75) is 6.18 Å². The second kappa shape index (κ2) is 4.21. The van der Waals surface area contributed by atoms with Crippen molar-refractivity contribution in [2.75, 3.05) is 0 Å². The van der Waals surface area contributed by atoms with Crippen molar-refractivity contribution in [3.63, 3.8) is 0 Å². The van der Waals surface area contributed by atoms with Gasteiger partial charge in [-0.2, -0.15) is 13.2 Å². The van der Waals surface area contributed by atoms with Crippen LogP contribution in [0.2, 0.25) is 10.0 Å². The van der Waals surface area contributed by atoms with E-state index in [0.717, 1.165) is 6.07 Å². The summed E-state index contributed by atoms with van der Waals surface area (Å²) < 4.78 is 36.9. The molecule has 2 N–H and O–H groups in total. The predicted molar refractivity (Wildman–Crippen MR) is 51.3 cm³/mol. The fourth-order valence-corrected chi connectivity index (χ4v) is 1.52. The summed E-state index contributed by atoms with van der Waals surface area (Å²) in [4.78, 5) is 0. The van der Waals surface area contributed by atoms with E-state index in [4.69, 9.17) is 33.2 Å². The highest BCUT2D eigenvalue weighted by Crippen LogP contribution is 2.37. The molecule has 82 valence electrons. The van der Waals surface area contributed by atoms with Gasteiger partial charge in [-0.1, -0.05) is 29.3 Å². The molecule has 2 nitrogen and oxygen atoms in total. The normalized spacial score (nSPS) is 11.7. The Labute approximate surface area is 93.4 Å². The summed E-state index contributed by atoms with van der Waals surface area (Å²) in [5.74, 6) is 0. The molecule has 0 bridgehead atoms. The van der Waals surface area contributed by atoms with E-state index < -0.39 is 28.9 Å². The van der Waals surface area contributed by atoms with Gasteiger partial charge in [-0.25, -0.2) is 0 Å². The molecule has 0 amide bonds. The van der Waals surface area contributed by atoms with Crippen LogP contribution < -0.4 is 5.46 Å². The quantitative estimate of drug-likeness (QED) is 0.753. The summed E-state index contributed by atoms with van der Waals surface area (Å²) in [5.41, 5.74) is -1.38. The van der Waals surface area contributed by atoms with Crippen molar-refractivity contribution >= 4 is 35.8 Å². The zero-order chi connectivity index (χ0) is 11.8. The fraction of sp³-hybridized carbons (Fsp3) is 0.143. The summed E-state index contributed by atoms with van der Waals surface area (Å²) in [6, 6.07) is 1.50. The van der Waals surface area contributed by atoms with Crippen LogP contribution in [-0.2, 0) is 6.18 Å². The number of hydrogen-bond acceptors (Lipinski definition) is 2. The molecule has 0 aliphatic carbocycles. The topological polar surface area (TPSA) is 40.5 Å². The van der Waals surface area contributed by atoms with Gasteiger partial charge in [0.1, 0.15) is 0 Å². The molecule has 0 aliphatic rings. The van der Waals surface area contributed by atoms with E-state index in [0.29, 0.717) is 6.07 Å². The Hall–Kier alpha value is -0.425. The smallest absolute Gasteiger partial charge is 0.423 e. The van der Waals surface area contributed by atoms with E-state index in [-0.39, 0.29) is 5.46 Å². The first kappa shape index (κ1) is 12.6. The third-order valence-electron chi connectivity index (χ3n) is 1.70. The lowest BCUT2D eigenvalue weighted by molar-refractivity contribution is -0.137. The lowest BCUT2D eigenvalue weighted by Gasteiger charge is -2.12. The lowest BCUT2D eigenvalue weighted by Crippen LogP contribution is -2.31. The maximum absolute atomic E-state index is 12.3. The number of benzene rings is 1. The molecule has 0 aliphatic heterocycles. The molecule has 0 atom stereocenters. The van der Waals surface area contributed by atoms with Crippen molar-refractivity contribution < 1.29 is 23.2 Å². The maximum atomic E-state index is 12.3. The standard InChI is InChI=1S/C7H4BCl2F3O2/c9-5-3(7(11,12)13)1-2-4(6(5)10)8(14)15/h1-2,14-15H. The van der Waals surface area contributed by atoms with Crippen LogP contribution in [0.5, 0.6) is 0 Å². The minimum Gasteiger partial charge on any atom is -0.423 e. The molecule has 0 heterocycles. The highest BCUT2D eigenvalue weighted by atomic mass is 35.5. The van der Waals surface area contributed by atoms with Gasteiger partial charge < -0.3 is 10.0 Å². The first-order chi connectivity index (χ1) is 6.75. The van der Waals surface area contributed by atoms with Crippen LogP contribution >= 0.6 is 23.2 Å². The number of rotatable bonds is 1. The number of hydrogen-bond donors (Lipinski definition) is 2. The van der Waals surface area contributed by atoms with Crippen molar-refractivity contribution in [1.82, 2.24) is 0 Å². The van der Waals surface area contributed by atoms with E-state index in [2.05, 4.69) is 0 Å². The minimum absolute atomic E-state index is 0.269. The summed E-state index contributed by atoms with van der Waals surface area (Å²) >= 11 is 10.8. The van der Waals surface area contributed by atoms with Gasteiger partial charge in [-0.15, -0.1) is 0 Å². The van der Waals surface area contributed by atoms with E-state index >= 15 is 0 Å². The van der Waals surface area contributed by atoms with Gasteiger partial charge in [0, 0.05) is 5.46 Å². The molecule has 1 aromatic carbocycles. The fourth-order valence-electron chi connectivity index (χ4n) is 0.983. The first-order valence-corrected chi connectivity index (χ1v) is 4.42. The molecular formula is C7H4BCl2F3O2. The molecule has 0 unspecified atom stereocenters. The Kier molecular flexibility index (Phi) is 3.55. The first-order valence-electron chi connectivity index (χ1n) is 3.66. The summed E-state index contributed by atoms with van der Waals surface area (Å²) in [6.07, 6.45) is -4.63. The average molecular weight is 259 g/mol. The Balaban J connectivity index is 3.34. The molecule has 0 radical (unpaired) electrons. The van der Waals surface area contributed by atoms with Gasteiger partial charge in [-0.05, 0) is 6.07 Å². The molecule has 0 fully saturated rings. The Bertz CT molecular complexity index is 381. The second-order valence-corrected chi connectivity index (χ2v) is 3.46. The van der Waals surface area contributed by atoms with Crippen LogP contribution in [-0.4, -0.2) is 17.2 Å². The molecule has 0 saturated heterocycles. The maximum Gasteiger partial charge on any atom is 0.490 e. The third kappa shape index (κ3) is 2.58. The molecule has 1 aromatic rings. The highest BCUT2D eigenvalue weighted by Gasteiger charge is 2.35. The van der Waals surface area contributed by atoms with Crippen molar-refractivity contribution in [1.29, 1.82) is 0 Å². The average Bonchev–Trinajstić information content (AvgIpc) is 2.06. The van der Waals surface area contributed by atoms with Gasteiger partial charge in [-0.3, -0.25) is 0 Å². The van der Waals surface area contributed by atoms with Gasteiger partial charge in [0.15, 0.2) is 0 Å². The van der Waals surface area contributed by atoms with Gasteiger partial charge >= 0.3 is 13.3 Å². The van der Waals surface area contributed by atoms with Crippen molar-refractivity contribution in [2.24, 2.45) is 0 Å². The molecule has 0 aromatic heterocycles. The van der Waals surface area contributed by atoms with Crippen molar-refractivity contribution in [3.05, 3.63) is 27.7 Å². The predicted octanol–water partition coefficient (Wildman–Crippen LogP) is 1.69. The van der Waals surface area contributed by atoms with Crippen molar-refractivity contribution in [3.8, 4) is 0 Å². The molecule has 0 spiro atoms. The van der Waals surface area contributed by atoms with Crippen LogP contribution in [0.3, 0.4) is 0 Å². The molecule has 8 heteroatoms. The lowest BCUT2D eigenvalue weighted by atomic mass is 9.80. The van der Waals surface area contributed by atoms with Crippen LogP contribution in [0.15, 0.2) is 12.1 Å². The largest absolute Gasteiger partial charge is 0.490 e. The van der Waals surface area contributed by atoms with Crippen LogP contribution in [0.4, 0.5) is 13.2 Å². The molecular weight excluding hydrogens is 255 g/mol. The van der Waals surface area contributed by atoms with E-state index in [1.807, 2.05) is 0 Å². The number of alkyl halides is 3. The second-order valence-electron chi connectivity index (χ2n) is 2.70. The van der Waals surface area contributed by atoms with Gasteiger partial charge in [0.2, 0.25) is 0 Å². The summed E-state index contributed by atoms with van der Waals surface area (Å²) in [5, 5.41) is 16.3. The molecule has 0 saturated carbocycles. The zero-order valence-corrected chi connectivity index (χ0v) is 8.53. The van der Waals surface area contributed by atoms with Crippen LogP contribution in [0, 0.1) is 0 Å². The van der Waals surface area contributed by atoms with E-state index in [9.17, 15) is 13.2 Å². The van der Waals surface area contributed by atoms with Gasteiger partial charge in [0.05, 0.1) is 15.6 Å². The van der Waals surface area contributed by atoms with Crippen LogP contribution in [0.1, 0.15) is 5.56 Å². The summed E-state index contributed by atoms with van der Waals surface area (Å²) in [7, 11) is -1.96. The highest BCUT2D eigenvalue weighted by molar-refractivity contribution is 6.64. The third-order valence-corrected chi connectivity index (χ3v) is 2.59. The zero-order valence-electron chi connectivity index (χ0n) is 7.02. The van der Waals surface area contributed by atoms with Gasteiger partial charge in [0.25, 0.3) is 0 Å². The minimum atomic E-state index is -4.63. The Morgan fingerprint density at radius 2 is 1.60 bits per heavy atom. The van der Waals surface area contributed by atoms with E-state index in [1.54, 1.807) is 0 Å². The summed E-state index contributed by atoms with van der Waals surface area (Å²) in [6.45, 7) is 0. The Morgan fingerprint density at radius 1 is 1.07 bits per heavy atom. The number of halogens is 5. The monoisotopic (exact) mass is 258 g/mol. The SMILES string of the molecule is OB(O)c1ccc(C(F)(F)F)c(Cl)c1Cl. The molecule has 1 rings (SSSR count). The molecule has 15 heavy (non-hydrogen) atoms. The Morgan fingerprint density at radius 3 is 2.00 bits per heavy atom.